The average Bonchev–Trinajstić information content (AvgIpc) is 2.67. The van der Waals surface area contributed by atoms with E-state index in [1.165, 1.54) is 5.39 Å². The van der Waals surface area contributed by atoms with E-state index >= 15 is 0 Å². The number of hydrogen-bond donors (Lipinski definition) is 0. The molecule has 0 atom stereocenters. The fraction of sp³-hybridized carbons (Fsp3) is 0.250. The minimum atomic E-state index is 0.526. The lowest BCUT2D eigenvalue weighted by Crippen LogP contribution is -2.11. The summed E-state index contributed by atoms with van der Waals surface area (Å²) in [7, 11) is 4.07. The van der Waals surface area contributed by atoms with Crippen LogP contribution in [0.2, 0.25) is 0 Å². The Morgan fingerprint density at radius 3 is 2.04 bits per heavy atom. The van der Waals surface area contributed by atoms with Crippen molar-refractivity contribution in [3.8, 4) is 11.4 Å². The third-order valence-electron chi connectivity index (χ3n) is 4.02. The molecule has 0 saturated heterocycles. The van der Waals surface area contributed by atoms with Gasteiger partial charge in [-0.2, -0.15) is 0 Å². The lowest BCUT2D eigenvalue weighted by atomic mass is 10.1. The summed E-state index contributed by atoms with van der Waals surface area (Å²) in [4.78, 5) is 5.59. The van der Waals surface area contributed by atoms with Gasteiger partial charge < -0.3 is 4.90 Å². The Bertz CT molecular complexity index is 1040. The summed E-state index contributed by atoms with van der Waals surface area (Å²) >= 11 is 0. The Balaban J connectivity index is 0.000000948. The highest BCUT2D eigenvalue weighted by Crippen LogP contribution is 2.23. The monoisotopic (exact) mass is 347 g/mol. The second kappa shape index (κ2) is 7.39. The van der Waals surface area contributed by atoms with E-state index in [4.69, 9.17) is 0 Å². The minimum absolute atomic E-state index is 0.526. The van der Waals surface area contributed by atoms with Gasteiger partial charge in [0.05, 0.1) is 0 Å². The van der Waals surface area contributed by atoms with Crippen molar-refractivity contribution in [1.82, 2.24) is 20.4 Å². The lowest BCUT2D eigenvalue weighted by Gasteiger charge is -2.11. The fourth-order valence-corrected chi connectivity index (χ4v) is 2.69. The number of pyridine rings is 1. The fourth-order valence-electron chi connectivity index (χ4n) is 2.69. The van der Waals surface area contributed by atoms with Gasteiger partial charge in [0.1, 0.15) is 0 Å². The van der Waals surface area contributed by atoms with Crippen molar-refractivity contribution < 1.29 is 4.98 Å². The van der Waals surface area contributed by atoms with Gasteiger partial charge in [0.15, 0.2) is 5.82 Å². The normalized spacial score (nSPS) is 10.5. The summed E-state index contributed by atoms with van der Waals surface area (Å²) in [5.74, 6) is 1.09. The van der Waals surface area contributed by atoms with E-state index in [0.29, 0.717) is 11.6 Å². The van der Waals surface area contributed by atoms with Gasteiger partial charge in [-0.15, -0.1) is 20.4 Å². The second-order valence-electron chi connectivity index (χ2n) is 6.01. The number of nitrogens with zero attached hydrogens (tertiary/aromatic N) is 5. The lowest BCUT2D eigenvalue weighted by molar-refractivity contribution is -0.310. The van der Waals surface area contributed by atoms with Gasteiger partial charge in [-0.3, -0.25) is 0 Å². The average molecular weight is 347 g/mol. The zero-order chi connectivity index (χ0) is 18.7. The van der Waals surface area contributed by atoms with Crippen molar-refractivity contribution in [3.05, 3.63) is 48.3 Å². The van der Waals surface area contributed by atoms with Crippen LogP contribution in [0, 0.1) is 6.92 Å². The molecule has 0 radical (unpaired) electrons. The van der Waals surface area contributed by atoms with Crippen molar-refractivity contribution in [3.63, 3.8) is 0 Å². The summed E-state index contributed by atoms with van der Waals surface area (Å²) in [6.45, 7) is 5.77. The second-order valence-corrected chi connectivity index (χ2v) is 6.01. The SMILES string of the molecule is CC.Cc1nnc(-c2ccc3cc4ccc(N(C)C)cc4[nH+]c3c2)nn1. The quantitative estimate of drug-likeness (QED) is 0.520. The summed E-state index contributed by atoms with van der Waals surface area (Å²) in [6.07, 6.45) is 0. The van der Waals surface area contributed by atoms with Gasteiger partial charge in [0.2, 0.25) is 16.9 Å². The molecule has 132 valence electrons. The van der Waals surface area contributed by atoms with Crippen molar-refractivity contribution in [2.75, 3.05) is 19.0 Å². The highest BCUT2D eigenvalue weighted by molar-refractivity contribution is 5.91. The summed E-state index contributed by atoms with van der Waals surface area (Å²) in [6, 6.07) is 14.7. The van der Waals surface area contributed by atoms with Crippen molar-refractivity contribution in [2.45, 2.75) is 20.8 Å². The van der Waals surface area contributed by atoms with Gasteiger partial charge in [-0.25, -0.2) is 4.98 Å². The number of H-pyrrole nitrogens is 1. The van der Waals surface area contributed by atoms with Gasteiger partial charge in [0.25, 0.3) is 0 Å². The molecule has 0 amide bonds. The zero-order valence-electron chi connectivity index (χ0n) is 15.8. The van der Waals surface area contributed by atoms with E-state index in [1.54, 1.807) is 6.92 Å². The van der Waals surface area contributed by atoms with Crippen LogP contribution in [0.5, 0.6) is 0 Å². The summed E-state index contributed by atoms with van der Waals surface area (Å²) in [5, 5.41) is 18.5. The van der Waals surface area contributed by atoms with E-state index in [0.717, 1.165) is 27.7 Å². The Morgan fingerprint density at radius 2 is 1.38 bits per heavy atom. The highest BCUT2D eigenvalue weighted by atomic mass is 15.3. The number of aromatic amines is 1. The summed E-state index contributed by atoms with van der Waals surface area (Å²) in [5.41, 5.74) is 4.17. The molecule has 0 aliphatic carbocycles. The van der Waals surface area contributed by atoms with Gasteiger partial charge in [-0.1, -0.05) is 13.8 Å². The van der Waals surface area contributed by atoms with E-state index < -0.39 is 0 Å². The molecule has 0 bridgehead atoms. The molecule has 0 unspecified atom stereocenters. The van der Waals surface area contributed by atoms with Crippen LogP contribution < -0.4 is 9.88 Å². The van der Waals surface area contributed by atoms with Crippen LogP contribution in [0.4, 0.5) is 5.69 Å². The molecule has 0 saturated carbocycles. The number of aromatic nitrogens is 5. The van der Waals surface area contributed by atoms with Gasteiger partial charge >= 0.3 is 0 Å². The molecule has 4 rings (SSSR count). The Kier molecular flexibility index (Phi) is 5.02. The van der Waals surface area contributed by atoms with E-state index in [9.17, 15) is 0 Å². The molecule has 2 aromatic carbocycles. The topological polar surface area (TPSA) is 68.9 Å². The van der Waals surface area contributed by atoms with Crippen LogP contribution in [0.15, 0.2) is 42.5 Å². The molecule has 0 aliphatic rings. The zero-order valence-corrected chi connectivity index (χ0v) is 15.8. The van der Waals surface area contributed by atoms with Crippen LogP contribution in [0.1, 0.15) is 19.7 Å². The highest BCUT2D eigenvalue weighted by Gasteiger charge is 2.11. The van der Waals surface area contributed by atoms with Gasteiger partial charge in [0, 0.05) is 48.3 Å². The molecule has 26 heavy (non-hydrogen) atoms. The number of hydrogen-bond acceptors (Lipinski definition) is 5. The molecule has 6 nitrogen and oxygen atoms in total. The first-order valence-electron chi connectivity index (χ1n) is 8.72. The van der Waals surface area contributed by atoms with E-state index in [1.807, 2.05) is 40.1 Å². The molecule has 4 aromatic rings. The third kappa shape index (κ3) is 3.44. The number of fused-ring (bicyclic) bond motifs is 2. The van der Waals surface area contributed by atoms with Crippen LogP contribution in [-0.2, 0) is 0 Å². The van der Waals surface area contributed by atoms with Crippen LogP contribution in [0.3, 0.4) is 0 Å². The molecule has 0 aliphatic heterocycles. The van der Waals surface area contributed by atoms with Crippen LogP contribution >= 0.6 is 0 Å². The first kappa shape index (κ1) is 17.7. The maximum Gasteiger partial charge on any atom is 0.213 e. The van der Waals surface area contributed by atoms with Crippen LogP contribution in [0.25, 0.3) is 33.2 Å². The number of rotatable bonds is 2. The molecule has 0 fully saturated rings. The predicted octanol–water partition coefficient (Wildman–Crippen LogP) is 3.45. The smallest absolute Gasteiger partial charge is 0.213 e. The van der Waals surface area contributed by atoms with Crippen molar-refractivity contribution >= 4 is 27.5 Å². The summed E-state index contributed by atoms with van der Waals surface area (Å²) < 4.78 is 0. The molecular weight excluding hydrogens is 324 g/mol. The van der Waals surface area contributed by atoms with E-state index in [2.05, 4.69) is 60.6 Å². The molecule has 2 heterocycles. The van der Waals surface area contributed by atoms with Crippen LogP contribution in [-0.4, -0.2) is 34.5 Å². The number of aryl methyl sites for hydroxylation is 1. The third-order valence-corrected chi connectivity index (χ3v) is 4.02. The Labute approximate surface area is 152 Å². The number of anilines is 1. The van der Waals surface area contributed by atoms with Crippen molar-refractivity contribution in [1.29, 1.82) is 0 Å². The molecular formula is C20H23N6+. The number of nitrogens with one attached hydrogen (secondary N) is 1. The first-order chi connectivity index (χ1) is 12.6. The number of benzene rings is 2. The first-order valence-corrected chi connectivity index (χ1v) is 8.72. The predicted molar refractivity (Wildman–Crippen MR) is 105 cm³/mol. The molecule has 2 aromatic heterocycles. The maximum absolute atomic E-state index is 4.11. The maximum atomic E-state index is 4.11. The largest absolute Gasteiger partial charge is 0.377 e. The molecule has 6 heteroatoms. The Morgan fingerprint density at radius 1 is 0.769 bits per heavy atom. The molecule has 1 N–H and O–H groups in total. The Hall–Kier alpha value is -3.15. The van der Waals surface area contributed by atoms with Gasteiger partial charge in [-0.05, 0) is 37.3 Å². The van der Waals surface area contributed by atoms with Crippen molar-refractivity contribution in [2.24, 2.45) is 0 Å². The standard InChI is InChI=1S/C18H16N6.C2H6/c1-11-20-22-18(23-21-11)14-5-4-12-8-13-6-7-15(24(2)3)10-17(13)19-16(12)9-14;1-2/h4-10H,1-3H3;1-2H3/p+1. The molecule has 0 spiro atoms. The minimum Gasteiger partial charge on any atom is -0.377 e. The van der Waals surface area contributed by atoms with E-state index in [-0.39, 0.29) is 0 Å².